The molecule has 0 aliphatic carbocycles. The van der Waals surface area contributed by atoms with Gasteiger partial charge in [-0.3, -0.25) is 19.9 Å². The number of hydrogen-bond acceptors (Lipinski definition) is 8. The average Bonchev–Trinajstić information content (AvgIpc) is 3.58. The summed E-state index contributed by atoms with van der Waals surface area (Å²) < 4.78 is 13.5. The van der Waals surface area contributed by atoms with Crippen molar-refractivity contribution < 1.29 is 53.5 Å². The van der Waals surface area contributed by atoms with Crippen LogP contribution in [0.5, 0.6) is 11.5 Å². The zero-order valence-electron chi connectivity index (χ0n) is 20.8. The van der Waals surface area contributed by atoms with Crippen LogP contribution in [0.3, 0.4) is 0 Å². The van der Waals surface area contributed by atoms with E-state index in [9.17, 15) is 9.59 Å². The number of piperidine rings is 1. The summed E-state index contributed by atoms with van der Waals surface area (Å²) in [4.78, 5) is 33.7. The normalized spacial score (nSPS) is 16.2. The van der Waals surface area contributed by atoms with Crippen LogP contribution in [-0.4, -0.2) is 69.8 Å². The topological polar surface area (TPSA) is 123 Å². The molecule has 2 aliphatic rings. The zero-order chi connectivity index (χ0) is 24.9. The van der Waals surface area contributed by atoms with Gasteiger partial charge in [0, 0.05) is 48.9 Å². The Bertz CT molecular complexity index is 1480. The Kier molecular flexibility index (Phi) is 6.69. The number of likely N-dealkylation sites (tertiary alicyclic amines) is 1. The third kappa shape index (κ3) is 4.36. The molecule has 184 valence electrons. The summed E-state index contributed by atoms with van der Waals surface area (Å²) in [5.74, 6) is 1.41. The molecule has 0 unspecified atom stereocenters. The fraction of sp³-hybridized carbons (Fsp3) is 0.320. The molecule has 0 bridgehead atoms. The quantitative estimate of drug-likeness (QED) is 0.324. The minimum absolute atomic E-state index is 0. The number of carbonyl (C=O) groups excluding carboxylic acids is 2. The monoisotopic (exact) mass is 510 g/mol. The molecule has 0 atom stereocenters. The van der Waals surface area contributed by atoms with Gasteiger partial charge in [0.15, 0.2) is 5.78 Å². The van der Waals surface area contributed by atoms with Gasteiger partial charge < -0.3 is 24.3 Å². The van der Waals surface area contributed by atoms with Crippen LogP contribution in [0.15, 0.2) is 42.6 Å². The maximum absolute atomic E-state index is 13.4. The number of tetrazole rings is 1. The fourth-order valence-corrected chi connectivity index (χ4v) is 5.11. The van der Waals surface area contributed by atoms with Gasteiger partial charge >= 0.3 is 29.6 Å². The number of methoxy groups -OCH3 is 1. The second kappa shape index (κ2) is 9.81. The molecule has 2 aromatic carbocycles. The van der Waals surface area contributed by atoms with Gasteiger partial charge in [-0.2, -0.15) is 9.94 Å². The Morgan fingerprint density at radius 3 is 2.65 bits per heavy atom. The van der Waals surface area contributed by atoms with Gasteiger partial charge in [0.05, 0.1) is 24.6 Å². The molecule has 37 heavy (non-hydrogen) atoms. The summed E-state index contributed by atoms with van der Waals surface area (Å²) >= 11 is 0. The van der Waals surface area contributed by atoms with Gasteiger partial charge in [-0.05, 0) is 35.9 Å². The third-order valence-electron chi connectivity index (χ3n) is 7.03. The first kappa shape index (κ1) is 25.2. The first-order valence-electron chi connectivity index (χ1n) is 11.6. The summed E-state index contributed by atoms with van der Waals surface area (Å²) in [5, 5.41) is 15.6. The van der Waals surface area contributed by atoms with E-state index in [2.05, 4.69) is 20.6 Å². The number of nitrogens with zero attached hydrogens (tertiary/aromatic N) is 6. The molecule has 0 radical (unpaired) electrons. The van der Waals surface area contributed by atoms with Gasteiger partial charge in [0.2, 0.25) is 0 Å². The van der Waals surface area contributed by atoms with Crippen LogP contribution < -0.4 is 49.0 Å². The number of hydrogen-bond donors (Lipinski definition) is 0. The van der Waals surface area contributed by atoms with Crippen molar-refractivity contribution in [2.45, 2.75) is 24.9 Å². The van der Waals surface area contributed by atoms with Crippen molar-refractivity contribution in [2.24, 2.45) is 0 Å². The molecule has 1 spiro atoms. The maximum Gasteiger partial charge on any atom is 1.00 e. The molecule has 4 aromatic rings. The Balaban J connectivity index is 0.00000280. The summed E-state index contributed by atoms with van der Waals surface area (Å²) in [5.41, 5.74) is 1.81. The van der Waals surface area contributed by atoms with Crippen molar-refractivity contribution >= 4 is 22.6 Å². The van der Waals surface area contributed by atoms with Gasteiger partial charge in [-0.25, -0.2) is 0 Å². The van der Waals surface area contributed by atoms with Gasteiger partial charge in [-0.15, -0.1) is 0 Å². The molecule has 11 nitrogen and oxygen atoms in total. The van der Waals surface area contributed by atoms with Crippen molar-refractivity contribution in [2.75, 3.05) is 27.3 Å². The average molecular weight is 510 g/mol. The molecule has 1 amide bonds. The molecule has 2 aliphatic heterocycles. The molecular weight excluding hydrogens is 487 g/mol. The Labute approximate surface area is 234 Å². The van der Waals surface area contributed by atoms with Crippen molar-refractivity contribution in [3.8, 4) is 22.9 Å². The molecule has 4 heterocycles. The first-order valence-corrected chi connectivity index (χ1v) is 11.6. The van der Waals surface area contributed by atoms with E-state index in [0.717, 1.165) is 10.9 Å². The molecule has 1 saturated heterocycles. The van der Waals surface area contributed by atoms with E-state index in [1.807, 2.05) is 12.1 Å². The van der Waals surface area contributed by atoms with Crippen molar-refractivity contribution in [3.63, 3.8) is 0 Å². The van der Waals surface area contributed by atoms with Crippen LogP contribution in [0, 0.1) is 0 Å². The van der Waals surface area contributed by atoms with E-state index >= 15 is 0 Å². The van der Waals surface area contributed by atoms with Crippen molar-refractivity contribution in [1.82, 2.24) is 30.3 Å². The van der Waals surface area contributed by atoms with Gasteiger partial charge in [-0.1, -0.05) is 6.07 Å². The minimum atomic E-state index is -0.630. The molecular formula is C25H23N6NaO5. The standard InChI is InChI=1S/C25H23N6O5.Na/c1-34-22-13-16(12-19-17(22)5-8-31(19)35-2)24(33)30-9-6-25(7-10-30)14-20(32)18-11-15(3-4-21(18)36-25)23-26-28-29-27-23;/h3-5,8,11-13H,6-7,9-10,14H2,1-2H3;/q-1;+1. The Morgan fingerprint density at radius 1 is 1.14 bits per heavy atom. The number of Topliss-reactive ketones (excluding diaryl/α,β-unsaturated/α-hetero) is 1. The number of ether oxygens (including phenoxy) is 2. The van der Waals surface area contributed by atoms with E-state index < -0.39 is 5.60 Å². The number of amides is 1. The Hall–Kier alpha value is -3.41. The van der Waals surface area contributed by atoms with Crippen molar-refractivity contribution in [3.05, 3.63) is 53.7 Å². The molecule has 0 saturated carbocycles. The van der Waals surface area contributed by atoms with E-state index in [0.29, 0.717) is 59.9 Å². The largest absolute Gasteiger partial charge is 1.00 e. The van der Waals surface area contributed by atoms with Crippen molar-refractivity contribution in [1.29, 1.82) is 0 Å². The smallest absolute Gasteiger partial charge is 0.496 e. The van der Waals surface area contributed by atoms with E-state index in [-0.39, 0.29) is 47.7 Å². The second-order valence-corrected chi connectivity index (χ2v) is 9.03. The van der Waals surface area contributed by atoms with Crippen LogP contribution >= 0.6 is 0 Å². The molecule has 6 rings (SSSR count). The molecule has 12 heteroatoms. The summed E-state index contributed by atoms with van der Waals surface area (Å²) in [6, 6.07) is 10.7. The number of rotatable bonds is 4. The van der Waals surface area contributed by atoms with E-state index in [4.69, 9.17) is 14.3 Å². The van der Waals surface area contributed by atoms with Gasteiger partial charge in [0.1, 0.15) is 24.2 Å². The molecule has 0 N–H and O–H groups in total. The second-order valence-electron chi connectivity index (χ2n) is 9.03. The maximum atomic E-state index is 13.4. The SMILES string of the molecule is COc1cc(C(=O)N2CCC3(CC2)CC(=O)c2cc(-c4nnn[n-]4)ccc2O3)cc2c1ccn2OC.[Na+]. The Morgan fingerprint density at radius 2 is 1.95 bits per heavy atom. The number of aromatic nitrogens is 5. The van der Waals surface area contributed by atoms with Crippen LogP contribution in [0.25, 0.3) is 22.3 Å². The van der Waals surface area contributed by atoms with Gasteiger partial charge in [0.25, 0.3) is 5.91 Å². The number of benzene rings is 2. The van der Waals surface area contributed by atoms with Crippen LogP contribution in [0.2, 0.25) is 0 Å². The minimum Gasteiger partial charge on any atom is -0.496 e. The number of carbonyl (C=O) groups is 2. The van der Waals surface area contributed by atoms with E-state index in [1.165, 1.54) is 0 Å². The zero-order valence-corrected chi connectivity index (χ0v) is 22.8. The summed E-state index contributed by atoms with van der Waals surface area (Å²) in [6.45, 7) is 0.952. The number of ketones is 1. The van der Waals surface area contributed by atoms with Crippen LogP contribution in [0.4, 0.5) is 0 Å². The van der Waals surface area contributed by atoms with Crippen LogP contribution in [0.1, 0.15) is 40.0 Å². The predicted octanol–water partition coefficient (Wildman–Crippen LogP) is -0.838. The van der Waals surface area contributed by atoms with E-state index in [1.54, 1.807) is 54.3 Å². The first-order chi connectivity index (χ1) is 17.5. The summed E-state index contributed by atoms with van der Waals surface area (Å²) in [6.07, 6.45) is 3.15. The third-order valence-corrected chi connectivity index (χ3v) is 7.03. The molecule has 2 aromatic heterocycles. The molecule has 1 fully saturated rings. The number of fused-ring (bicyclic) bond motifs is 2. The van der Waals surface area contributed by atoms with Crippen LogP contribution in [-0.2, 0) is 0 Å². The fourth-order valence-electron chi connectivity index (χ4n) is 5.11. The summed E-state index contributed by atoms with van der Waals surface area (Å²) in [7, 11) is 3.15. The predicted molar refractivity (Wildman–Crippen MR) is 127 cm³/mol.